The number of ether oxygens (including phenoxy) is 4. The van der Waals surface area contributed by atoms with Gasteiger partial charge >= 0.3 is 39.5 Å². The van der Waals surface area contributed by atoms with Crippen molar-refractivity contribution in [3.8, 4) is 0 Å². The molecule has 3 unspecified atom stereocenters. The summed E-state index contributed by atoms with van der Waals surface area (Å²) >= 11 is 0. The highest BCUT2D eigenvalue weighted by Gasteiger charge is 2.30. The van der Waals surface area contributed by atoms with Gasteiger partial charge in [-0.2, -0.15) is 0 Å². The van der Waals surface area contributed by atoms with Gasteiger partial charge in [0.1, 0.15) is 19.3 Å². The third-order valence-electron chi connectivity index (χ3n) is 18.5. The third kappa shape index (κ3) is 70.9. The molecular weight excluding hydrogens is 1270 g/mol. The molecule has 0 aliphatic rings. The van der Waals surface area contributed by atoms with Crippen molar-refractivity contribution in [1.82, 2.24) is 0 Å². The van der Waals surface area contributed by atoms with Crippen LogP contribution in [0.4, 0.5) is 0 Å². The van der Waals surface area contributed by atoms with Gasteiger partial charge in [0.05, 0.1) is 26.4 Å². The molecule has 17 nitrogen and oxygen atoms in total. The lowest BCUT2D eigenvalue weighted by Gasteiger charge is -2.21. The molecule has 576 valence electrons. The van der Waals surface area contributed by atoms with Crippen LogP contribution in [0.15, 0.2) is 0 Å². The van der Waals surface area contributed by atoms with Gasteiger partial charge in [-0.05, 0) is 43.4 Å². The SMILES string of the molecule is CCCCCCCCCCCC(=O)OC[C@H](COP(=O)(O)OC[C@H](O)COP(=O)(O)OC[C@@H](COC(=O)CCCCCCCCCCCCCCCC(C)C)OC(=O)CCCCCCCCCCCCCCCCCCCCC(C)CC)OC(=O)CCCCCCCCCC(C)C. The van der Waals surface area contributed by atoms with Crippen molar-refractivity contribution in [1.29, 1.82) is 0 Å². The highest BCUT2D eigenvalue weighted by Crippen LogP contribution is 2.45. The van der Waals surface area contributed by atoms with Crippen molar-refractivity contribution in [2.24, 2.45) is 17.8 Å². The second kappa shape index (κ2) is 68.5. The second-order valence-corrected chi connectivity index (χ2v) is 32.2. The molecule has 0 aromatic rings. The van der Waals surface area contributed by atoms with Crippen LogP contribution in [-0.4, -0.2) is 96.7 Å². The van der Waals surface area contributed by atoms with Crippen LogP contribution in [0.25, 0.3) is 0 Å². The van der Waals surface area contributed by atoms with E-state index in [1.54, 1.807) is 0 Å². The zero-order chi connectivity index (χ0) is 71.6. The zero-order valence-electron chi connectivity index (χ0n) is 63.5. The van der Waals surface area contributed by atoms with E-state index in [1.807, 2.05) is 0 Å². The van der Waals surface area contributed by atoms with E-state index >= 15 is 0 Å². The molecule has 0 amide bonds. The Balaban J connectivity index is 5.18. The smallest absolute Gasteiger partial charge is 0.462 e. The van der Waals surface area contributed by atoms with Crippen LogP contribution in [0.3, 0.4) is 0 Å². The summed E-state index contributed by atoms with van der Waals surface area (Å²) in [4.78, 5) is 72.8. The molecule has 0 heterocycles. The summed E-state index contributed by atoms with van der Waals surface area (Å²) in [5, 5.41) is 10.6. The van der Waals surface area contributed by atoms with Crippen LogP contribution < -0.4 is 0 Å². The Labute approximate surface area is 594 Å². The van der Waals surface area contributed by atoms with Crippen LogP contribution in [0.1, 0.15) is 402 Å². The summed E-state index contributed by atoms with van der Waals surface area (Å²) in [6.45, 7) is 11.9. The fourth-order valence-corrected chi connectivity index (χ4v) is 13.5. The minimum atomic E-state index is -4.96. The molecule has 0 aromatic carbocycles. The predicted molar refractivity (Wildman–Crippen MR) is 395 cm³/mol. The van der Waals surface area contributed by atoms with Gasteiger partial charge in [0, 0.05) is 25.7 Å². The number of carbonyl (C=O) groups excluding carboxylic acids is 4. The molecule has 0 aromatic heterocycles. The topological polar surface area (TPSA) is 237 Å². The van der Waals surface area contributed by atoms with Crippen molar-refractivity contribution >= 4 is 39.5 Å². The Morgan fingerprint density at radius 1 is 0.299 bits per heavy atom. The number of aliphatic hydroxyl groups excluding tert-OH is 1. The summed E-state index contributed by atoms with van der Waals surface area (Å²) < 4.78 is 68.5. The fraction of sp³-hybridized carbons (Fsp3) is 0.949. The van der Waals surface area contributed by atoms with E-state index in [1.165, 1.54) is 212 Å². The van der Waals surface area contributed by atoms with Crippen molar-refractivity contribution < 1.29 is 80.2 Å². The number of rotatable bonds is 76. The number of hydrogen-bond donors (Lipinski definition) is 3. The predicted octanol–water partition coefficient (Wildman–Crippen LogP) is 23.0. The maximum Gasteiger partial charge on any atom is 0.472 e. The van der Waals surface area contributed by atoms with Crippen molar-refractivity contribution in [2.75, 3.05) is 39.6 Å². The van der Waals surface area contributed by atoms with Crippen LogP contribution in [0.2, 0.25) is 0 Å². The van der Waals surface area contributed by atoms with E-state index in [0.717, 1.165) is 102 Å². The van der Waals surface area contributed by atoms with E-state index in [-0.39, 0.29) is 25.7 Å². The van der Waals surface area contributed by atoms with Gasteiger partial charge in [0.15, 0.2) is 12.2 Å². The number of hydrogen-bond acceptors (Lipinski definition) is 15. The Hall–Kier alpha value is -1.94. The fourth-order valence-electron chi connectivity index (χ4n) is 11.9. The lowest BCUT2D eigenvalue weighted by molar-refractivity contribution is -0.161. The first-order valence-electron chi connectivity index (χ1n) is 40.4. The van der Waals surface area contributed by atoms with Crippen molar-refractivity contribution in [2.45, 2.75) is 420 Å². The average molecular weight is 1420 g/mol. The van der Waals surface area contributed by atoms with Crippen LogP contribution in [0.5, 0.6) is 0 Å². The molecular formula is C78H152O17P2. The second-order valence-electron chi connectivity index (χ2n) is 29.3. The summed E-state index contributed by atoms with van der Waals surface area (Å²) in [5.74, 6) is 0.239. The van der Waals surface area contributed by atoms with Crippen LogP contribution in [0, 0.1) is 17.8 Å². The normalized spacial score (nSPS) is 14.3. The summed E-state index contributed by atoms with van der Waals surface area (Å²) in [7, 11) is -9.91. The molecule has 3 N–H and O–H groups in total. The highest BCUT2D eigenvalue weighted by atomic mass is 31.2. The van der Waals surface area contributed by atoms with Crippen LogP contribution in [-0.2, 0) is 65.4 Å². The summed E-state index contributed by atoms with van der Waals surface area (Å²) in [6.07, 6.45) is 55.7. The molecule has 6 atom stereocenters. The van der Waals surface area contributed by atoms with Crippen molar-refractivity contribution in [3.63, 3.8) is 0 Å². The van der Waals surface area contributed by atoms with Gasteiger partial charge in [-0.3, -0.25) is 37.3 Å². The van der Waals surface area contributed by atoms with E-state index < -0.39 is 97.5 Å². The molecule has 0 saturated carbocycles. The summed E-state index contributed by atoms with van der Waals surface area (Å²) in [5.41, 5.74) is 0. The zero-order valence-corrected chi connectivity index (χ0v) is 65.3. The van der Waals surface area contributed by atoms with Crippen molar-refractivity contribution in [3.05, 3.63) is 0 Å². The minimum Gasteiger partial charge on any atom is -0.462 e. The number of phosphoric acid groups is 2. The maximum atomic E-state index is 13.1. The number of esters is 4. The molecule has 0 radical (unpaired) electrons. The molecule has 97 heavy (non-hydrogen) atoms. The number of aliphatic hydroxyl groups is 1. The Morgan fingerprint density at radius 3 is 0.784 bits per heavy atom. The lowest BCUT2D eigenvalue weighted by Crippen LogP contribution is -2.30. The third-order valence-corrected chi connectivity index (χ3v) is 20.4. The Bertz CT molecular complexity index is 1890. The minimum absolute atomic E-state index is 0.103. The highest BCUT2D eigenvalue weighted by molar-refractivity contribution is 7.47. The van der Waals surface area contributed by atoms with E-state index in [4.69, 9.17) is 37.0 Å². The standard InChI is InChI=1S/C78H152O17P2/c1-8-10-11-12-13-29-38-45-52-59-75(80)88-66-74(95-78(83)62-55-48-41-34-36-43-50-57-70(5)6)68-93-97(86,87)91-64-72(79)63-90-96(84,85)92-67-73(65-89-76(81)60-53-46-39-32-27-24-20-21-25-30-35-42-49-56-69(3)4)94-77(82)61-54-47-40-33-28-23-19-17-15-14-16-18-22-26-31-37-44-51-58-71(7)9-2/h69-74,79H,8-68H2,1-7H3,(H,84,85)(H,86,87)/t71?,72-,73-,74-/m1/s1. The quantitative estimate of drug-likeness (QED) is 0.0222. The van der Waals surface area contributed by atoms with Gasteiger partial charge in [-0.1, -0.05) is 350 Å². The van der Waals surface area contributed by atoms with Gasteiger partial charge in [-0.25, -0.2) is 9.13 Å². The molecule has 0 saturated heterocycles. The molecule has 0 fully saturated rings. The van der Waals surface area contributed by atoms with Gasteiger partial charge in [0.2, 0.25) is 0 Å². The molecule has 19 heteroatoms. The van der Waals surface area contributed by atoms with E-state index in [2.05, 4.69) is 48.5 Å². The van der Waals surface area contributed by atoms with Gasteiger partial charge < -0.3 is 33.8 Å². The molecule has 0 spiro atoms. The Kier molecular flexibility index (Phi) is 67.1. The van der Waals surface area contributed by atoms with Gasteiger partial charge in [0.25, 0.3) is 0 Å². The first kappa shape index (κ1) is 95.1. The summed E-state index contributed by atoms with van der Waals surface area (Å²) in [6, 6.07) is 0. The first-order valence-corrected chi connectivity index (χ1v) is 43.4. The first-order chi connectivity index (χ1) is 46.8. The average Bonchev–Trinajstić information content (AvgIpc) is 1.12. The van der Waals surface area contributed by atoms with Gasteiger partial charge in [-0.15, -0.1) is 0 Å². The Morgan fingerprint density at radius 2 is 0.526 bits per heavy atom. The lowest BCUT2D eigenvalue weighted by atomic mass is 9.99. The number of unbranched alkanes of at least 4 members (excludes halogenated alkanes) is 43. The van der Waals surface area contributed by atoms with E-state index in [9.17, 15) is 43.2 Å². The molecule has 0 rings (SSSR count). The number of phosphoric ester groups is 2. The molecule has 0 bridgehead atoms. The van der Waals surface area contributed by atoms with E-state index in [0.29, 0.717) is 31.6 Å². The number of carbonyl (C=O) groups is 4. The largest absolute Gasteiger partial charge is 0.472 e. The molecule has 0 aliphatic heterocycles. The maximum absolute atomic E-state index is 13.1. The molecule has 0 aliphatic carbocycles. The van der Waals surface area contributed by atoms with Crippen LogP contribution >= 0.6 is 15.6 Å². The monoisotopic (exact) mass is 1420 g/mol.